The van der Waals surface area contributed by atoms with Crippen LogP contribution in [0.2, 0.25) is 0 Å². The van der Waals surface area contributed by atoms with Crippen molar-refractivity contribution in [2.24, 2.45) is 11.8 Å². The molecule has 9 nitrogen and oxygen atoms in total. The molecule has 1 aliphatic carbocycles. The summed E-state index contributed by atoms with van der Waals surface area (Å²) in [6.45, 7) is 0.411. The van der Waals surface area contributed by atoms with E-state index in [4.69, 9.17) is 0 Å². The molecule has 32 heavy (non-hydrogen) atoms. The van der Waals surface area contributed by atoms with Crippen LogP contribution in [0.4, 0.5) is 5.69 Å². The van der Waals surface area contributed by atoms with Gasteiger partial charge in [-0.05, 0) is 43.0 Å². The second-order valence-electron chi connectivity index (χ2n) is 8.60. The van der Waals surface area contributed by atoms with Crippen molar-refractivity contribution in [3.05, 3.63) is 36.5 Å². The SMILES string of the molecule is O=CN(O)C[C@@H](CC1CCCC1)C(=O)N1NCC[C@H]1C(=O)Nc1cccc2ncccc12. The number of amides is 3. The third-order valence-electron chi connectivity index (χ3n) is 6.43. The minimum absolute atomic E-state index is 0.0830. The zero-order chi connectivity index (χ0) is 22.5. The van der Waals surface area contributed by atoms with Gasteiger partial charge in [0.25, 0.3) is 0 Å². The summed E-state index contributed by atoms with van der Waals surface area (Å²) in [4.78, 5) is 41.8. The summed E-state index contributed by atoms with van der Waals surface area (Å²) in [7, 11) is 0. The molecule has 2 fully saturated rings. The normalized spacial score (nSPS) is 19.8. The highest BCUT2D eigenvalue weighted by molar-refractivity contribution is 6.04. The van der Waals surface area contributed by atoms with Gasteiger partial charge in [0, 0.05) is 18.1 Å². The molecule has 2 aromatic rings. The number of aromatic nitrogens is 1. The van der Waals surface area contributed by atoms with Crippen LogP contribution in [0.1, 0.15) is 38.5 Å². The molecule has 1 aromatic carbocycles. The van der Waals surface area contributed by atoms with Gasteiger partial charge in [0.1, 0.15) is 6.04 Å². The Morgan fingerprint density at radius 3 is 2.84 bits per heavy atom. The Morgan fingerprint density at radius 1 is 1.25 bits per heavy atom. The van der Waals surface area contributed by atoms with E-state index in [1.54, 1.807) is 6.20 Å². The van der Waals surface area contributed by atoms with Crippen molar-refractivity contribution in [2.75, 3.05) is 18.4 Å². The van der Waals surface area contributed by atoms with Gasteiger partial charge < -0.3 is 5.32 Å². The van der Waals surface area contributed by atoms with Crippen LogP contribution in [0, 0.1) is 11.8 Å². The van der Waals surface area contributed by atoms with E-state index in [9.17, 15) is 19.6 Å². The highest BCUT2D eigenvalue weighted by Crippen LogP contribution is 2.32. The number of fused-ring (bicyclic) bond motifs is 1. The third kappa shape index (κ3) is 4.89. The van der Waals surface area contributed by atoms with Gasteiger partial charge in [-0.1, -0.05) is 31.7 Å². The van der Waals surface area contributed by atoms with Crippen molar-refractivity contribution in [3.63, 3.8) is 0 Å². The Balaban J connectivity index is 1.49. The smallest absolute Gasteiger partial charge is 0.248 e. The lowest BCUT2D eigenvalue weighted by Crippen LogP contribution is -2.51. The molecule has 2 heterocycles. The van der Waals surface area contributed by atoms with E-state index in [0.717, 1.165) is 36.6 Å². The molecule has 0 radical (unpaired) electrons. The lowest BCUT2D eigenvalue weighted by Gasteiger charge is -2.30. The highest BCUT2D eigenvalue weighted by Gasteiger charge is 2.39. The molecule has 2 atom stereocenters. The summed E-state index contributed by atoms with van der Waals surface area (Å²) in [5.41, 5.74) is 4.45. The number of hydroxylamine groups is 2. The molecule has 2 aliphatic rings. The van der Waals surface area contributed by atoms with E-state index in [-0.39, 0.29) is 18.4 Å². The number of benzene rings is 1. The fraction of sp³-hybridized carbons (Fsp3) is 0.478. The lowest BCUT2D eigenvalue weighted by atomic mass is 9.92. The number of carbonyl (C=O) groups excluding carboxylic acids is 3. The molecule has 0 bridgehead atoms. The number of nitrogens with zero attached hydrogens (tertiary/aromatic N) is 3. The fourth-order valence-corrected chi connectivity index (χ4v) is 4.84. The number of nitrogens with one attached hydrogen (secondary N) is 2. The summed E-state index contributed by atoms with van der Waals surface area (Å²) >= 11 is 0. The molecule has 0 unspecified atom stereocenters. The average Bonchev–Trinajstić information content (AvgIpc) is 3.50. The molecule has 9 heteroatoms. The molecule has 0 spiro atoms. The number of anilines is 1. The molecule has 1 aromatic heterocycles. The summed E-state index contributed by atoms with van der Waals surface area (Å²) in [6.07, 6.45) is 7.43. The lowest BCUT2D eigenvalue weighted by molar-refractivity contribution is -0.159. The van der Waals surface area contributed by atoms with Gasteiger partial charge in [-0.3, -0.25) is 29.6 Å². The quantitative estimate of drug-likeness (QED) is 0.330. The van der Waals surface area contributed by atoms with Gasteiger partial charge in [-0.15, -0.1) is 0 Å². The van der Waals surface area contributed by atoms with E-state index in [1.165, 1.54) is 5.01 Å². The third-order valence-corrected chi connectivity index (χ3v) is 6.43. The number of carbonyl (C=O) groups is 3. The summed E-state index contributed by atoms with van der Waals surface area (Å²) < 4.78 is 0. The Morgan fingerprint density at radius 2 is 2.06 bits per heavy atom. The van der Waals surface area contributed by atoms with Crippen molar-refractivity contribution in [1.82, 2.24) is 20.5 Å². The number of hydrazine groups is 1. The van der Waals surface area contributed by atoms with Gasteiger partial charge in [0.15, 0.2) is 0 Å². The maximum absolute atomic E-state index is 13.4. The van der Waals surface area contributed by atoms with E-state index in [0.29, 0.717) is 42.5 Å². The summed E-state index contributed by atoms with van der Waals surface area (Å²) in [6, 6.07) is 8.54. The van der Waals surface area contributed by atoms with Crippen LogP contribution in [0.25, 0.3) is 10.9 Å². The summed E-state index contributed by atoms with van der Waals surface area (Å²) in [5.74, 6) is -0.733. The first-order valence-corrected chi connectivity index (χ1v) is 11.2. The van der Waals surface area contributed by atoms with Crippen LogP contribution in [0.5, 0.6) is 0 Å². The standard InChI is InChI=1S/C23H29N5O4/c29-15-27(32)14-17(13-16-5-1-2-6-16)23(31)28-21(10-12-25-28)22(30)26-20-9-3-8-19-18(20)7-4-11-24-19/h3-4,7-9,11,15-17,21,25,32H,1-2,5-6,10,12-14H2,(H,26,30)/t17-,21+/m1/s1. The topological polar surface area (TPSA) is 115 Å². The molecule has 1 aliphatic heterocycles. The Hall–Kier alpha value is -3.04. The molecule has 170 valence electrons. The largest absolute Gasteiger partial charge is 0.324 e. The molecule has 3 N–H and O–H groups in total. The monoisotopic (exact) mass is 439 g/mol. The molecule has 3 amide bonds. The van der Waals surface area contributed by atoms with Crippen LogP contribution >= 0.6 is 0 Å². The maximum Gasteiger partial charge on any atom is 0.248 e. The summed E-state index contributed by atoms with van der Waals surface area (Å²) in [5, 5.41) is 15.4. The zero-order valence-electron chi connectivity index (χ0n) is 17.9. The van der Waals surface area contributed by atoms with Crippen molar-refractivity contribution in [1.29, 1.82) is 0 Å². The zero-order valence-corrected chi connectivity index (χ0v) is 17.9. The van der Waals surface area contributed by atoms with E-state index < -0.39 is 12.0 Å². The first-order valence-electron chi connectivity index (χ1n) is 11.2. The first kappa shape index (κ1) is 22.2. The second-order valence-corrected chi connectivity index (χ2v) is 8.60. The van der Waals surface area contributed by atoms with Crippen LogP contribution in [-0.2, 0) is 14.4 Å². The molecular formula is C23H29N5O4. The van der Waals surface area contributed by atoms with Crippen molar-refractivity contribution in [3.8, 4) is 0 Å². The van der Waals surface area contributed by atoms with Crippen molar-refractivity contribution in [2.45, 2.75) is 44.6 Å². The van der Waals surface area contributed by atoms with Gasteiger partial charge in [-0.2, -0.15) is 0 Å². The molecule has 1 saturated carbocycles. The Labute approximate surface area is 186 Å². The molecule has 1 saturated heterocycles. The van der Waals surface area contributed by atoms with Crippen LogP contribution < -0.4 is 10.7 Å². The Kier molecular flexibility index (Phi) is 6.96. The van der Waals surface area contributed by atoms with Crippen molar-refractivity contribution < 1.29 is 19.6 Å². The van der Waals surface area contributed by atoms with E-state index in [2.05, 4.69) is 15.7 Å². The highest BCUT2D eigenvalue weighted by atomic mass is 16.5. The molecular weight excluding hydrogens is 410 g/mol. The van der Waals surface area contributed by atoms with Gasteiger partial charge in [0.05, 0.1) is 23.7 Å². The van der Waals surface area contributed by atoms with E-state index in [1.807, 2.05) is 30.3 Å². The van der Waals surface area contributed by atoms with Crippen molar-refractivity contribution >= 4 is 34.8 Å². The van der Waals surface area contributed by atoms with Gasteiger partial charge in [-0.25, -0.2) is 10.5 Å². The Bertz CT molecular complexity index is 973. The minimum Gasteiger partial charge on any atom is -0.324 e. The second kappa shape index (κ2) is 10.1. The van der Waals surface area contributed by atoms with Crippen LogP contribution in [0.15, 0.2) is 36.5 Å². The van der Waals surface area contributed by atoms with Crippen LogP contribution in [-0.4, -0.2) is 57.6 Å². The van der Waals surface area contributed by atoms with Gasteiger partial charge >= 0.3 is 0 Å². The number of hydrogen-bond donors (Lipinski definition) is 3. The fourth-order valence-electron chi connectivity index (χ4n) is 4.84. The first-order chi connectivity index (χ1) is 15.6. The number of pyridine rings is 1. The average molecular weight is 440 g/mol. The predicted octanol–water partition coefficient (Wildman–Crippen LogP) is 2.32. The van der Waals surface area contributed by atoms with Gasteiger partial charge in [0.2, 0.25) is 18.2 Å². The maximum atomic E-state index is 13.4. The molecule has 4 rings (SSSR count). The number of rotatable bonds is 8. The van der Waals surface area contributed by atoms with E-state index >= 15 is 0 Å². The predicted molar refractivity (Wildman–Crippen MR) is 118 cm³/mol. The number of hydrogen-bond acceptors (Lipinski definition) is 6. The van der Waals surface area contributed by atoms with Crippen LogP contribution in [0.3, 0.4) is 0 Å². The minimum atomic E-state index is -0.677.